The van der Waals surface area contributed by atoms with Crippen LogP contribution in [0.5, 0.6) is 5.75 Å². The van der Waals surface area contributed by atoms with Gasteiger partial charge in [-0.2, -0.15) is 0 Å². The molecule has 0 unspecified atom stereocenters. The van der Waals surface area contributed by atoms with Crippen LogP contribution in [-0.2, 0) is 6.42 Å². The lowest BCUT2D eigenvalue weighted by atomic mass is 9.49. The van der Waals surface area contributed by atoms with Gasteiger partial charge in [0, 0.05) is 5.92 Å². The number of benzene rings is 2. The van der Waals surface area contributed by atoms with Gasteiger partial charge in [-0.15, -0.1) is 0 Å². The summed E-state index contributed by atoms with van der Waals surface area (Å²) in [7, 11) is 0. The number of phenolic OH excluding ortho intramolecular Hbond substituents is 1. The summed E-state index contributed by atoms with van der Waals surface area (Å²) in [6.45, 7) is 6.64. The second-order valence-electron chi connectivity index (χ2n) is 10.7. The van der Waals surface area contributed by atoms with Crippen LogP contribution in [0.25, 0.3) is 0 Å². The van der Waals surface area contributed by atoms with Gasteiger partial charge in [-0.05, 0) is 83.1 Å². The zero-order valence-electron chi connectivity index (χ0n) is 18.1. The van der Waals surface area contributed by atoms with Crippen LogP contribution in [0.3, 0.4) is 0 Å². The lowest BCUT2D eigenvalue weighted by Crippen LogP contribution is -2.50. The molecule has 30 heavy (non-hydrogen) atoms. The molecule has 2 fully saturated rings. The van der Waals surface area contributed by atoms with Crippen molar-refractivity contribution in [2.45, 2.75) is 64.1 Å². The van der Waals surface area contributed by atoms with Crippen molar-refractivity contribution in [3.8, 4) is 5.75 Å². The minimum Gasteiger partial charge on any atom is -0.508 e. The molecular weight excluding hydrogens is 375 g/mol. The van der Waals surface area contributed by atoms with E-state index in [9.17, 15) is 10.2 Å². The third kappa shape index (κ3) is 2.92. The van der Waals surface area contributed by atoms with Crippen molar-refractivity contribution in [1.29, 1.82) is 0 Å². The third-order valence-electron chi connectivity index (χ3n) is 8.61. The second kappa shape index (κ2) is 7.09. The summed E-state index contributed by atoms with van der Waals surface area (Å²) in [6, 6.07) is 16.0. The van der Waals surface area contributed by atoms with Crippen molar-refractivity contribution in [2.24, 2.45) is 29.1 Å². The molecule has 0 aromatic heterocycles. The minimum absolute atomic E-state index is 0.155. The number of alkyl halides is 1. The Hall–Kier alpha value is -1.87. The quantitative estimate of drug-likeness (QED) is 0.656. The van der Waals surface area contributed by atoms with Crippen molar-refractivity contribution in [3.63, 3.8) is 0 Å². The first kappa shape index (κ1) is 20.1. The van der Waals surface area contributed by atoms with Gasteiger partial charge in [-0.25, -0.2) is 4.39 Å². The van der Waals surface area contributed by atoms with Gasteiger partial charge < -0.3 is 10.2 Å². The summed E-state index contributed by atoms with van der Waals surface area (Å²) in [5.74, 6) is 1.27. The molecule has 2 aromatic rings. The smallest absolute Gasteiger partial charge is 0.115 e. The highest BCUT2D eigenvalue weighted by atomic mass is 19.1. The number of fused-ring (bicyclic) bond motifs is 5. The Morgan fingerprint density at radius 1 is 1.07 bits per heavy atom. The van der Waals surface area contributed by atoms with Gasteiger partial charge in [0.25, 0.3) is 0 Å². The lowest BCUT2D eigenvalue weighted by molar-refractivity contribution is -0.0363. The molecule has 0 amide bonds. The Morgan fingerprint density at radius 3 is 2.50 bits per heavy atom. The molecule has 0 heterocycles. The van der Waals surface area contributed by atoms with Gasteiger partial charge in [-0.3, -0.25) is 0 Å². The van der Waals surface area contributed by atoms with Crippen LogP contribution in [0, 0.1) is 29.1 Å². The zero-order chi connectivity index (χ0) is 21.2. The first-order valence-electron chi connectivity index (χ1n) is 11.5. The van der Waals surface area contributed by atoms with Crippen LogP contribution in [0.2, 0.25) is 0 Å². The van der Waals surface area contributed by atoms with Gasteiger partial charge >= 0.3 is 0 Å². The molecule has 2 saturated carbocycles. The van der Waals surface area contributed by atoms with E-state index in [1.165, 1.54) is 5.56 Å². The highest BCUT2D eigenvalue weighted by Crippen LogP contribution is 2.67. The van der Waals surface area contributed by atoms with E-state index in [1.54, 1.807) is 6.07 Å². The summed E-state index contributed by atoms with van der Waals surface area (Å²) >= 11 is 0. The molecule has 8 atom stereocenters. The molecule has 0 radical (unpaired) electrons. The monoisotopic (exact) mass is 408 g/mol. The maximum atomic E-state index is 16.0. The molecule has 2 aromatic carbocycles. The van der Waals surface area contributed by atoms with Crippen molar-refractivity contribution in [2.75, 3.05) is 0 Å². The molecule has 2 N–H and O–H groups in total. The molecule has 3 aliphatic rings. The fourth-order valence-corrected chi connectivity index (χ4v) is 7.70. The average molecular weight is 409 g/mol. The fraction of sp³-hybridized carbons (Fsp3) is 0.556. The molecule has 0 aliphatic heterocycles. The molecule has 3 heteroatoms. The average Bonchev–Trinajstić information content (AvgIpc) is 2.97. The highest BCUT2D eigenvalue weighted by molar-refractivity contribution is 5.44. The van der Waals surface area contributed by atoms with Crippen LogP contribution < -0.4 is 0 Å². The molecule has 0 spiro atoms. The van der Waals surface area contributed by atoms with Crippen molar-refractivity contribution in [3.05, 3.63) is 65.2 Å². The standard InChI is InChI=1S/C27H33FO2/c1-15(2)23-22(30)14-27(3)13-21(28)24-19-10-9-18(29)11-17(19)12-20(25(24)26(23)27)16-7-5-4-6-8-16/h4-11,15,20-26,29-30H,12-14H2,1-3H3/t20-,21-,22+,23+,24-,25+,26-,27+/m0/s1. The van der Waals surface area contributed by atoms with Crippen molar-refractivity contribution in [1.82, 2.24) is 0 Å². The predicted octanol–water partition coefficient (Wildman–Crippen LogP) is 5.83. The molecule has 2 nitrogen and oxygen atoms in total. The summed E-state index contributed by atoms with van der Waals surface area (Å²) in [4.78, 5) is 0. The van der Waals surface area contributed by atoms with Gasteiger partial charge in [-0.1, -0.05) is 57.2 Å². The Balaban J connectivity index is 1.71. The zero-order valence-corrected chi connectivity index (χ0v) is 18.1. The normalized spacial score (nSPS) is 40.0. The van der Waals surface area contributed by atoms with Crippen molar-refractivity contribution < 1.29 is 14.6 Å². The molecule has 5 rings (SSSR count). The van der Waals surface area contributed by atoms with Crippen LogP contribution >= 0.6 is 0 Å². The second-order valence-corrected chi connectivity index (χ2v) is 10.7. The van der Waals surface area contributed by atoms with Gasteiger partial charge in [0.1, 0.15) is 11.9 Å². The van der Waals surface area contributed by atoms with E-state index in [0.717, 1.165) is 17.5 Å². The van der Waals surface area contributed by atoms with E-state index < -0.39 is 6.17 Å². The largest absolute Gasteiger partial charge is 0.508 e. The number of rotatable bonds is 2. The first-order valence-corrected chi connectivity index (χ1v) is 11.5. The molecule has 3 aliphatic carbocycles. The lowest BCUT2D eigenvalue weighted by Gasteiger charge is -2.55. The SMILES string of the molecule is CC(C)[C@H]1[C@H]2[C@H]3[C@@H](c4ccc(O)cc4C[C@H]3c3ccccc3)[C@@H](F)C[C@]2(C)C[C@H]1O. The number of aliphatic hydroxyl groups excluding tert-OH is 1. The predicted molar refractivity (Wildman–Crippen MR) is 117 cm³/mol. The Morgan fingerprint density at radius 2 is 1.80 bits per heavy atom. The first-order chi connectivity index (χ1) is 14.3. The molecule has 0 bridgehead atoms. The molecular formula is C27H33FO2. The van der Waals surface area contributed by atoms with E-state index in [2.05, 4.69) is 45.0 Å². The number of halogens is 1. The summed E-state index contributed by atoms with van der Waals surface area (Å²) in [5.41, 5.74) is 3.23. The summed E-state index contributed by atoms with van der Waals surface area (Å²) in [5, 5.41) is 21.2. The Labute approximate surface area is 179 Å². The highest BCUT2D eigenvalue weighted by Gasteiger charge is 2.62. The van der Waals surface area contributed by atoms with Crippen LogP contribution in [0.15, 0.2) is 48.5 Å². The minimum atomic E-state index is -0.927. The molecule has 0 saturated heterocycles. The Bertz CT molecular complexity index is 926. The number of aliphatic hydroxyl groups is 1. The topological polar surface area (TPSA) is 40.5 Å². The maximum Gasteiger partial charge on any atom is 0.115 e. The van der Waals surface area contributed by atoms with E-state index in [1.807, 2.05) is 18.2 Å². The van der Waals surface area contributed by atoms with E-state index >= 15 is 4.39 Å². The van der Waals surface area contributed by atoms with Crippen molar-refractivity contribution >= 4 is 0 Å². The van der Waals surface area contributed by atoms with Gasteiger partial charge in [0.2, 0.25) is 0 Å². The van der Waals surface area contributed by atoms with Gasteiger partial charge in [0.15, 0.2) is 0 Å². The maximum absolute atomic E-state index is 16.0. The summed E-state index contributed by atoms with van der Waals surface area (Å²) in [6.07, 6.45) is 0.747. The summed E-state index contributed by atoms with van der Waals surface area (Å²) < 4.78 is 16.0. The van der Waals surface area contributed by atoms with E-state index in [4.69, 9.17) is 0 Å². The fourth-order valence-electron chi connectivity index (χ4n) is 7.70. The van der Waals surface area contributed by atoms with Crippen LogP contribution in [-0.4, -0.2) is 22.5 Å². The number of aromatic hydroxyl groups is 1. The Kier molecular flexibility index (Phi) is 4.74. The number of phenols is 1. The van der Waals surface area contributed by atoms with Crippen LogP contribution in [0.4, 0.5) is 4.39 Å². The number of hydrogen-bond donors (Lipinski definition) is 2. The van der Waals surface area contributed by atoms with Crippen LogP contribution in [0.1, 0.15) is 62.1 Å². The third-order valence-corrected chi connectivity index (χ3v) is 8.61. The van der Waals surface area contributed by atoms with Gasteiger partial charge in [0.05, 0.1) is 6.10 Å². The van der Waals surface area contributed by atoms with E-state index in [-0.39, 0.29) is 46.9 Å². The van der Waals surface area contributed by atoms with E-state index in [0.29, 0.717) is 18.8 Å². The molecule has 160 valence electrons. The number of hydrogen-bond acceptors (Lipinski definition) is 2.